The molecule has 0 radical (unpaired) electrons. The molecule has 4 nitrogen and oxygen atoms in total. The van der Waals surface area contributed by atoms with Crippen LogP contribution in [0, 0.1) is 0 Å². The van der Waals surface area contributed by atoms with Gasteiger partial charge in [-0.1, -0.05) is 0 Å². The third kappa shape index (κ3) is 3.73. The summed E-state index contributed by atoms with van der Waals surface area (Å²) in [4.78, 5) is 15.3. The summed E-state index contributed by atoms with van der Waals surface area (Å²) in [7, 11) is 0. The molecule has 0 spiro atoms. The van der Waals surface area contributed by atoms with Crippen LogP contribution >= 0.6 is 11.3 Å². The molecule has 0 bridgehead atoms. The van der Waals surface area contributed by atoms with Gasteiger partial charge in [-0.3, -0.25) is 0 Å². The number of aliphatic hydroxyl groups is 1. The lowest BCUT2D eigenvalue weighted by Gasteiger charge is -2.26. The molecule has 5 heteroatoms. The molecule has 2 rings (SSSR count). The highest BCUT2D eigenvalue weighted by atomic mass is 32.1. The quantitative estimate of drug-likeness (QED) is 0.910. The summed E-state index contributed by atoms with van der Waals surface area (Å²) in [6.07, 6.45) is 1.39. The van der Waals surface area contributed by atoms with Gasteiger partial charge in [-0.15, -0.1) is 11.3 Å². The smallest absolute Gasteiger partial charge is 0.410 e. The van der Waals surface area contributed by atoms with Crippen LogP contribution in [-0.4, -0.2) is 34.9 Å². The molecular weight excluding hydrogens is 274 g/mol. The number of hydrogen-bond acceptors (Lipinski definition) is 4. The Morgan fingerprint density at radius 2 is 2.30 bits per heavy atom. The van der Waals surface area contributed by atoms with E-state index in [4.69, 9.17) is 4.74 Å². The lowest BCUT2D eigenvalue weighted by Crippen LogP contribution is -2.36. The van der Waals surface area contributed by atoms with E-state index in [-0.39, 0.29) is 12.7 Å². The molecule has 1 aliphatic heterocycles. The minimum absolute atomic E-state index is 0.189. The SMILES string of the molecule is CC(C)(C)OC(=O)N1CCC(CCO)c2sccc2C1. The maximum absolute atomic E-state index is 12.2. The molecule has 112 valence electrons. The summed E-state index contributed by atoms with van der Waals surface area (Å²) in [5.41, 5.74) is 0.725. The zero-order chi connectivity index (χ0) is 14.8. The standard InChI is InChI=1S/C15H23NO3S/c1-15(2,3)19-14(18)16-7-4-11(5-8-17)13-12(10-16)6-9-20-13/h6,9,11,17H,4-5,7-8,10H2,1-3H3. The highest BCUT2D eigenvalue weighted by Crippen LogP contribution is 2.35. The summed E-state index contributed by atoms with van der Waals surface area (Å²) in [5.74, 6) is 0.349. The summed E-state index contributed by atoms with van der Waals surface area (Å²) in [5, 5.41) is 11.3. The molecule has 2 heterocycles. The van der Waals surface area contributed by atoms with E-state index in [0.29, 0.717) is 19.0 Å². The zero-order valence-corrected chi connectivity index (χ0v) is 13.2. The summed E-state index contributed by atoms with van der Waals surface area (Å²) < 4.78 is 5.46. The Morgan fingerprint density at radius 3 is 2.95 bits per heavy atom. The van der Waals surface area contributed by atoms with E-state index >= 15 is 0 Å². The van der Waals surface area contributed by atoms with Gasteiger partial charge in [-0.25, -0.2) is 4.79 Å². The van der Waals surface area contributed by atoms with Crippen LogP contribution in [0.5, 0.6) is 0 Å². The van der Waals surface area contributed by atoms with Gasteiger partial charge in [-0.2, -0.15) is 0 Å². The maximum atomic E-state index is 12.2. The van der Waals surface area contributed by atoms with E-state index in [1.165, 1.54) is 10.4 Å². The van der Waals surface area contributed by atoms with Crippen LogP contribution in [0.3, 0.4) is 0 Å². The van der Waals surface area contributed by atoms with Crippen molar-refractivity contribution < 1.29 is 14.6 Å². The van der Waals surface area contributed by atoms with Gasteiger partial charge >= 0.3 is 6.09 Å². The van der Waals surface area contributed by atoms with E-state index in [0.717, 1.165) is 12.8 Å². The Bertz CT molecular complexity index is 464. The fraction of sp³-hybridized carbons (Fsp3) is 0.667. The molecule has 1 unspecified atom stereocenters. The third-order valence-corrected chi connectivity index (χ3v) is 4.51. The highest BCUT2D eigenvalue weighted by Gasteiger charge is 2.28. The second kappa shape index (κ2) is 6.14. The van der Waals surface area contributed by atoms with Gasteiger partial charge in [-0.05, 0) is 56.5 Å². The van der Waals surface area contributed by atoms with Crippen molar-refractivity contribution in [2.45, 2.75) is 51.7 Å². The number of carbonyl (C=O) groups excluding carboxylic acids is 1. The van der Waals surface area contributed by atoms with Gasteiger partial charge in [0.2, 0.25) is 0 Å². The molecule has 1 atom stereocenters. The van der Waals surface area contributed by atoms with Gasteiger partial charge in [0, 0.05) is 18.0 Å². The van der Waals surface area contributed by atoms with E-state index in [1.54, 1.807) is 16.2 Å². The molecular formula is C15H23NO3S. The normalized spacial score (nSPS) is 19.4. The number of nitrogens with zero attached hydrogens (tertiary/aromatic N) is 1. The number of rotatable bonds is 2. The second-order valence-electron chi connectivity index (χ2n) is 6.21. The third-order valence-electron chi connectivity index (χ3n) is 3.39. The van der Waals surface area contributed by atoms with Crippen LogP contribution < -0.4 is 0 Å². The van der Waals surface area contributed by atoms with Gasteiger partial charge in [0.1, 0.15) is 5.60 Å². The molecule has 0 saturated heterocycles. The monoisotopic (exact) mass is 297 g/mol. The zero-order valence-electron chi connectivity index (χ0n) is 12.4. The van der Waals surface area contributed by atoms with Crippen molar-refractivity contribution >= 4 is 17.4 Å². The number of ether oxygens (including phenoxy) is 1. The molecule has 0 aliphatic carbocycles. The van der Waals surface area contributed by atoms with Gasteiger partial charge in [0.25, 0.3) is 0 Å². The Balaban J connectivity index is 2.12. The van der Waals surface area contributed by atoms with Crippen molar-refractivity contribution in [3.05, 3.63) is 21.9 Å². The summed E-state index contributed by atoms with van der Waals surface area (Å²) in [6, 6.07) is 2.08. The molecule has 1 amide bonds. The lowest BCUT2D eigenvalue weighted by molar-refractivity contribution is 0.0234. The molecule has 0 aromatic carbocycles. The number of aliphatic hydroxyl groups excluding tert-OH is 1. The lowest BCUT2D eigenvalue weighted by atomic mass is 9.98. The van der Waals surface area contributed by atoms with Crippen LogP contribution in [0.2, 0.25) is 0 Å². The van der Waals surface area contributed by atoms with Crippen molar-refractivity contribution in [2.75, 3.05) is 13.2 Å². The van der Waals surface area contributed by atoms with Crippen LogP contribution in [0.4, 0.5) is 4.79 Å². The van der Waals surface area contributed by atoms with Crippen molar-refractivity contribution in [2.24, 2.45) is 0 Å². The second-order valence-corrected chi connectivity index (χ2v) is 7.16. The molecule has 1 aromatic rings. The molecule has 20 heavy (non-hydrogen) atoms. The van der Waals surface area contributed by atoms with Gasteiger partial charge in [0.05, 0.1) is 6.54 Å². The summed E-state index contributed by atoms with van der Waals surface area (Å²) >= 11 is 1.72. The van der Waals surface area contributed by atoms with E-state index in [2.05, 4.69) is 11.4 Å². The molecule has 0 fully saturated rings. The number of thiophene rings is 1. The van der Waals surface area contributed by atoms with Crippen molar-refractivity contribution in [1.82, 2.24) is 4.90 Å². The number of amides is 1. The van der Waals surface area contributed by atoms with Crippen LogP contribution in [0.15, 0.2) is 11.4 Å². The average molecular weight is 297 g/mol. The van der Waals surface area contributed by atoms with E-state index < -0.39 is 5.60 Å². The topological polar surface area (TPSA) is 49.8 Å². The minimum Gasteiger partial charge on any atom is -0.444 e. The van der Waals surface area contributed by atoms with Crippen molar-refractivity contribution in [3.63, 3.8) is 0 Å². The fourth-order valence-electron chi connectivity index (χ4n) is 2.48. The Morgan fingerprint density at radius 1 is 1.55 bits per heavy atom. The Labute approximate surface area is 124 Å². The first-order valence-electron chi connectivity index (χ1n) is 7.06. The van der Waals surface area contributed by atoms with Gasteiger partial charge in [0.15, 0.2) is 0 Å². The predicted molar refractivity (Wildman–Crippen MR) is 80.0 cm³/mol. The first-order valence-corrected chi connectivity index (χ1v) is 7.93. The number of carbonyl (C=O) groups is 1. The number of hydrogen-bond donors (Lipinski definition) is 1. The molecule has 1 aromatic heterocycles. The predicted octanol–water partition coefficient (Wildman–Crippen LogP) is 3.35. The van der Waals surface area contributed by atoms with Crippen molar-refractivity contribution in [1.29, 1.82) is 0 Å². The van der Waals surface area contributed by atoms with Crippen LogP contribution in [-0.2, 0) is 11.3 Å². The van der Waals surface area contributed by atoms with Gasteiger partial charge < -0.3 is 14.7 Å². The highest BCUT2D eigenvalue weighted by molar-refractivity contribution is 7.10. The fourth-order valence-corrected chi connectivity index (χ4v) is 3.57. The first kappa shape index (κ1) is 15.3. The van der Waals surface area contributed by atoms with Crippen molar-refractivity contribution in [3.8, 4) is 0 Å². The molecule has 1 N–H and O–H groups in total. The Kier molecular flexibility index (Phi) is 4.70. The molecule has 0 saturated carbocycles. The maximum Gasteiger partial charge on any atom is 0.410 e. The molecule has 1 aliphatic rings. The largest absolute Gasteiger partial charge is 0.444 e. The number of fused-ring (bicyclic) bond motifs is 1. The summed E-state index contributed by atoms with van der Waals surface area (Å²) in [6.45, 7) is 7.12. The first-order chi connectivity index (χ1) is 9.40. The van der Waals surface area contributed by atoms with Crippen LogP contribution in [0.25, 0.3) is 0 Å². The van der Waals surface area contributed by atoms with Crippen LogP contribution in [0.1, 0.15) is 50.0 Å². The van der Waals surface area contributed by atoms with E-state index in [9.17, 15) is 9.90 Å². The van der Waals surface area contributed by atoms with E-state index in [1.807, 2.05) is 20.8 Å². The minimum atomic E-state index is -0.467. The average Bonchev–Trinajstić information content (AvgIpc) is 2.72. The Hall–Kier alpha value is -1.07.